The summed E-state index contributed by atoms with van der Waals surface area (Å²) >= 11 is 0. The third-order valence-electron chi connectivity index (χ3n) is 7.62. The lowest BCUT2D eigenvalue weighted by Crippen LogP contribution is -2.41. The summed E-state index contributed by atoms with van der Waals surface area (Å²) in [4.78, 5) is 42.0. The van der Waals surface area contributed by atoms with E-state index in [9.17, 15) is 14.4 Å². The van der Waals surface area contributed by atoms with Crippen molar-refractivity contribution in [3.05, 3.63) is 35.4 Å². The molecule has 5 rings (SSSR count). The lowest BCUT2D eigenvalue weighted by Gasteiger charge is -2.36. The maximum Gasteiger partial charge on any atom is 0.233 e. The highest BCUT2D eigenvalue weighted by atomic mass is 16.5. The van der Waals surface area contributed by atoms with Crippen molar-refractivity contribution in [2.75, 3.05) is 27.3 Å². The van der Waals surface area contributed by atoms with Crippen LogP contribution in [-0.2, 0) is 20.8 Å². The topological polar surface area (TPSA) is 76.2 Å². The maximum absolute atomic E-state index is 13.1. The number of amides is 3. The SMILES string of the molecule is COc1cc2c(cc1OC)[C@H](C)N(C(=O)CCN1C(=O)[C@@H]3[C@@H](C1=O)[C@H]1C=C[C@H]3C1)CC2. The van der Waals surface area contributed by atoms with Gasteiger partial charge < -0.3 is 14.4 Å². The van der Waals surface area contributed by atoms with Crippen LogP contribution in [0, 0.1) is 23.7 Å². The Morgan fingerprint density at radius 2 is 1.65 bits per heavy atom. The molecule has 0 aromatic heterocycles. The van der Waals surface area contributed by atoms with Gasteiger partial charge >= 0.3 is 0 Å². The van der Waals surface area contributed by atoms with Crippen molar-refractivity contribution in [1.29, 1.82) is 0 Å². The molecule has 2 heterocycles. The fraction of sp³-hybridized carbons (Fsp3) is 0.542. The van der Waals surface area contributed by atoms with E-state index in [2.05, 4.69) is 12.2 Å². The lowest BCUT2D eigenvalue weighted by molar-refractivity contribution is -0.141. The molecule has 2 bridgehead atoms. The molecule has 31 heavy (non-hydrogen) atoms. The van der Waals surface area contributed by atoms with E-state index in [1.807, 2.05) is 24.0 Å². The van der Waals surface area contributed by atoms with E-state index in [-0.39, 0.29) is 60.4 Å². The Morgan fingerprint density at radius 3 is 2.26 bits per heavy atom. The van der Waals surface area contributed by atoms with Crippen LogP contribution in [0.1, 0.15) is 36.9 Å². The molecule has 0 unspecified atom stereocenters. The minimum atomic E-state index is -0.208. The summed E-state index contributed by atoms with van der Waals surface area (Å²) in [7, 11) is 3.21. The molecule has 1 aromatic rings. The molecular weight excluding hydrogens is 396 g/mol. The molecule has 2 aliphatic carbocycles. The van der Waals surface area contributed by atoms with Crippen LogP contribution in [0.2, 0.25) is 0 Å². The molecule has 0 spiro atoms. The lowest BCUT2D eigenvalue weighted by atomic mass is 9.85. The molecule has 7 nitrogen and oxygen atoms in total. The molecule has 3 amide bonds. The van der Waals surface area contributed by atoms with Gasteiger partial charge in [0.05, 0.1) is 32.1 Å². The molecule has 0 N–H and O–H groups in total. The first-order valence-corrected chi connectivity index (χ1v) is 11.0. The molecule has 1 aromatic carbocycles. The summed E-state index contributed by atoms with van der Waals surface area (Å²) in [5.74, 6) is 1.09. The number of fused-ring (bicyclic) bond motifs is 6. The molecule has 5 atom stereocenters. The first kappa shape index (κ1) is 20.1. The smallest absolute Gasteiger partial charge is 0.233 e. The van der Waals surface area contributed by atoms with Crippen LogP contribution in [0.15, 0.2) is 24.3 Å². The summed E-state index contributed by atoms with van der Waals surface area (Å²) < 4.78 is 10.8. The number of likely N-dealkylation sites (tertiary alicyclic amines) is 1. The number of methoxy groups -OCH3 is 2. The van der Waals surface area contributed by atoms with Gasteiger partial charge in [0.2, 0.25) is 17.7 Å². The largest absolute Gasteiger partial charge is 0.493 e. The maximum atomic E-state index is 13.1. The van der Waals surface area contributed by atoms with Crippen LogP contribution in [0.3, 0.4) is 0 Å². The van der Waals surface area contributed by atoms with Crippen LogP contribution in [0.5, 0.6) is 11.5 Å². The predicted octanol–water partition coefficient (Wildman–Crippen LogP) is 2.35. The number of nitrogens with zero attached hydrogens (tertiary/aromatic N) is 2. The first-order chi connectivity index (χ1) is 14.9. The van der Waals surface area contributed by atoms with E-state index in [1.54, 1.807) is 14.2 Å². The number of benzene rings is 1. The fourth-order valence-corrected chi connectivity index (χ4v) is 6.02. The third kappa shape index (κ3) is 2.97. The minimum Gasteiger partial charge on any atom is -0.493 e. The molecule has 4 aliphatic rings. The molecule has 164 valence electrons. The summed E-state index contributed by atoms with van der Waals surface area (Å²) in [6.45, 7) is 2.77. The highest BCUT2D eigenvalue weighted by molar-refractivity contribution is 6.06. The summed E-state index contributed by atoms with van der Waals surface area (Å²) in [5.41, 5.74) is 2.19. The predicted molar refractivity (Wildman–Crippen MR) is 112 cm³/mol. The molecule has 2 aliphatic heterocycles. The second-order valence-corrected chi connectivity index (χ2v) is 9.00. The van der Waals surface area contributed by atoms with Crippen LogP contribution >= 0.6 is 0 Å². The highest BCUT2D eigenvalue weighted by Gasteiger charge is 2.59. The molecule has 7 heteroatoms. The van der Waals surface area contributed by atoms with E-state index in [0.29, 0.717) is 18.0 Å². The van der Waals surface area contributed by atoms with Gasteiger partial charge in [0.1, 0.15) is 0 Å². The van der Waals surface area contributed by atoms with Crippen molar-refractivity contribution < 1.29 is 23.9 Å². The Bertz CT molecular complexity index is 956. The number of ether oxygens (including phenoxy) is 2. The van der Waals surface area contributed by atoms with Gasteiger partial charge in [-0.15, -0.1) is 0 Å². The number of imide groups is 1. The number of allylic oxidation sites excluding steroid dienone is 2. The number of hydrogen-bond acceptors (Lipinski definition) is 5. The van der Waals surface area contributed by atoms with Crippen molar-refractivity contribution in [2.45, 2.75) is 32.2 Å². The summed E-state index contributed by atoms with van der Waals surface area (Å²) in [5, 5.41) is 0. The van der Waals surface area contributed by atoms with Crippen molar-refractivity contribution in [2.24, 2.45) is 23.7 Å². The van der Waals surface area contributed by atoms with Gasteiger partial charge in [-0.05, 0) is 54.9 Å². The van der Waals surface area contributed by atoms with Gasteiger partial charge in [-0.25, -0.2) is 0 Å². The molecule has 1 saturated carbocycles. The van der Waals surface area contributed by atoms with Gasteiger partial charge in [0.15, 0.2) is 11.5 Å². The van der Waals surface area contributed by atoms with Gasteiger partial charge in [-0.1, -0.05) is 12.2 Å². The van der Waals surface area contributed by atoms with Crippen molar-refractivity contribution in [3.8, 4) is 11.5 Å². The Labute approximate surface area is 182 Å². The van der Waals surface area contributed by atoms with E-state index >= 15 is 0 Å². The first-order valence-electron chi connectivity index (χ1n) is 11.0. The third-order valence-corrected chi connectivity index (χ3v) is 7.62. The Morgan fingerprint density at radius 1 is 1.03 bits per heavy atom. The summed E-state index contributed by atoms with van der Waals surface area (Å²) in [6, 6.07) is 3.81. The Kier molecular flexibility index (Phi) is 4.79. The van der Waals surface area contributed by atoms with Crippen molar-refractivity contribution in [3.63, 3.8) is 0 Å². The molecule has 1 saturated heterocycles. The zero-order valence-electron chi connectivity index (χ0n) is 18.2. The van der Waals surface area contributed by atoms with Crippen LogP contribution in [0.25, 0.3) is 0 Å². The second kappa shape index (κ2) is 7.39. The van der Waals surface area contributed by atoms with Gasteiger partial charge in [-0.2, -0.15) is 0 Å². The zero-order chi connectivity index (χ0) is 21.9. The number of rotatable bonds is 5. The van der Waals surface area contributed by atoms with Crippen LogP contribution in [-0.4, -0.2) is 54.8 Å². The molecular formula is C24H28N2O5. The van der Waals surface area contributed by atoms with Crippen LogP contribution in [0.4, 0.5) is 0 Å². The molecule has 0 radical (unpaired) electrons. The Balaban J connectivity index is 1.27. The average molecular weight is 424 g/mol. The minimum absolute atomic E-state index is 0.0355. The quantitative estimate of drug-likeness (QED) is 0.536. The van der Waals surface area contributed by atoms with Gasteiger partial charge in [0.25, 0.3) is 0 Å². The van der Waals surface area contributed by atoms with Gasteiger partial charge in [0, 0.05) is 19.5 Å². The van der Waals surface area contributed by atoms with Crippen LogP contribution < -0.4 is 9.47 Å². The van der Waals surface area contributed by atoms with E-state index in [0.717, 1.165) is 24.0 Å². The molecule has 2 fully saturated rings. The number of hydrogen-bond donors (Lipinski definition) is 0. The van der Waals surface area contributed by atoms with E-state index in [1.165, 1.54) is 4.90 Å². The zero-order valence-corrected chi connectivity index (χ0v) is 18.2. The van der Waals surface area contributed by atoms with E-state index < -0.39 is 0 Å². The van der Waals surface area contributed by atoms with E-state index in [4.69, 9.17) is 9.47 Å². The number of carbonyl (C=O) groups excluding carboxylic acids is 3. The normalized spacial score (nSPS) is 30.6. The highest BCUT2D eigenvalue weighted by Crippen LogP contribution is 2.52. The second-order valence-electron chi connectivity index (χ2n) is 9.00. The van der Waals surface area contributed by atoms with Crippen molar-refractivity contribution >= 4 is 17.7 Å². The monoisotopic (exact) mass is 424 g/mol. The summed E-state index contributed by atoms with van der Waals surface area (Å²) in [6.07, 6.45) is 5.97. The standard InChI is InChI=1S/C24H28N2O5/c1-13-17-12-19(31-3)18(30-2)11-14(17)6-8-25(13)20(27)7-9-26-23(28)21-15-4-5-16(10-15)22(21)24(26)29/h4-5,11-13,15-16,21-22H,6-10H2,1-3H3/t13-,15-,16-,21-,22-/m0/s1. The fourth-order valence-electron chi connectivity index (χ4n) is 6.02. The Hall–Kier alpha value is -2.83. The van der Waals surface area contributed by atoms with Crippen molar-refractivity contribution in [1.82, 2.24) is 9.80 Å². The average Bonchev–Trinajstić information content (AvgIpc) is 3.45. The van der Waals surface area contributed by atoms with Gasteiger partial charge in [-0.3, -0.25) is 19.3 Å². The number of carbonyl (C=O) groups is 3.